The van der Waals surface area contributed by atoms with Gasteiger partial charge < -0.3 is 15.2 Å². The molecule has 7 nitrogen and oxygen atoms in total. The van der Waals surface area contributed by atoms with Crippen molar-refractivity contribution in [1.82, 2.24) is 20.1 Å². The van der Waals surface area contributed by atoms with Gasteiger partial charge in [0.05, 0.1) is 17.2 Å². The van der Waals surface area contributed by atoms with Gasteiger partial charge in [-0.25, -0.2) is 0 Å². The molecular formula is C20H23N5O2S2. The van der Waals surface area contributed by atoms with Gasteiger partial charge >= 0.3 is 0 Å². The van der Waals surface area contributed by atoms with Crippen molar-refractivity contribution in [1.29, 1.82) is 0 Å². The molecule has 29 heavy (non-hydrogen) atoms. The van der Waals surface area contributed by atoms with E-state index in [2.05, 4.69) is 20.8 Å². The van der Waals surface area contributed by atoms with Crippen LogP contribution in [0.15, 0.2) is 40.9 Å². The minimum atomic E-state index is -0.252. The molecule has 1 aromatic carbocycles. The predicted molar refractivity (Wildman–Crippen MR) is 117 cm³/mol. The number of hydrogen-bond donors (Lipinski definition) is 2. The SMILES string of the molecule is CCn1c(SCC(=O)NCC(=O)Nc2c(C)cccc2C)nnc1-c1cccs1. The minimum absolute atomic E-state index is 0.0753. The molecular weight excluding hydrogens is 406 g/mol. The van der Waals surface area contributed by atoms with Crippen LogP contribution in [0, 0.1) is 13.8 Å². The summed E-state index contributed by atoms with van der Waals surface area (Å²) < 4.78 is 1.98. The van der Waals surface area contributed by atoms with Gasteiger partial charge in [0.15, 0.2) is 11.0 Å². The van der Waals surface area contributed by atoms with E-state index in [0.717, 1.165) is 27.5 Å². The molecule has 0 radical (unpaired) electrons. The van der Waals surface area contributed by atoms with E-state index in [-0.39, 0.29) is 24.1 Å². The molecule has 2 aromatic heterocycles. The monoisotopic (exact) mass is 429 g/mol. The second-order valence-corrected chi connectivity index (χ2v) is 8.30. The molecule has 0 bridgehead atoms. The Bertz CT molecular complexity index is 978. The van der Waals surface area contributed by atoms with Crippen molar-refractivity contribution < 1.29 is 9.59 Å². The Morgan fingerprint density at radius 2 is 1.86 bits per heavy atom. The third-order valence-electron chi connectivity index (χ3n) is 4.30. The zero-order valence-electron chi connectivity index (χ0n) is 16.6. The molecule has 152 valence electrons. The van der Waals surface area contributed by atoms with Crippen molar-refractivity contribution in [2.75, 3.05) is 17.6 Å². The number of aryl methyl sites for hydroxylation is 2. The first-order chi connectivity index (χ1) is 14.0. The molecule has 0 aliphatic heterocycles. The number of thioether (sulfide) groups is 1. The number of nitrogens with one attached hydrogen (secondary N) is 2. The maximum atomic E-state index is 12.2. The zero-order valence-corrected chi connectivity index (χ0v) is 18.2. The van der Waals surface area contributed by atoms with Crippen LogP contribution < -0.4 is 10.6 Å². The van der Waals surface area contributed by atoms with Crippen LogP contribution in [0.3, 0.4) is 0 Å². The number of para-hydroxylation sites is 1. The number of carbonyl (C=O) groups is 2. The first-order valence-electron chi connectivity index (χ1n) is 9.22. The highest BCUT2D eigenvalue weighted by molar-refractivity contribution is 7.99. The number of carbonyl (C=O) groups excluding carboxylic acids is 2. The lowest BCUT2D eigenvalue weighted by Crippen LogP contribution is -2.34. The summed E-state index contributed by atoms with van der Waals surface area (Å²) >= 11 is 2.91. The molecule has 0 aliphatic carbocycles. The molecule has 0 unspecified atom stereocenters. The Kier molecular flexibility index (Phi) is 7.05. The number of hydrogen-bond acceptors (Lipinski definition) is 6. The van der Waals surface area contributed by atoms with Crippen LogP contribution in [0.4, 0.5) is 5.69 Å². The minimum Gasteiger partial charge on any atom is -0.346 e. The van der Waals surface area contributed by atoms with Gasteiger partial charge in [-0.3, -0.25) is 9.59 Å². The standard InChI is InChI=1S/C20H23N5O2S2/c1-4-25-19(15-9-6-10-28-15)23-24-20(25)29-12-17(27)21-11-16(26)22-18-13(2)7-5-8-14(18)3/h5-10H,4,11-12H2,1-3H3,(H,21,27)(H,22,26). The molecule has 9 heteroatoms. The average Bonchev–Trinajstić information content (AvgIpc) is 3.36. The highest BCUT2D eigenvalue weighted by Gasteiger charge is 2.15. The normalized spacial score (nSPS) is 10.7. The lowest BCUT2D eigenvalue weighted by Gasteiger charge is -2.12. The smallest absolute Gasteiger partial charge is 0.243 e. The molecule has 2 heterocycles. The number of amides is 2. The summed E-state index contributed by atoms with van der Waals surface area (Å²) in [5, 5.41) is 16.7. The molecule has 2 amide bonds. The Morgan fingerprint density at radius 3 is 2.52 bits per heavy atom. The summed E-state index contributed by atoms with van der Waals surface area (Å²) in [6, 6.07) is 9.78. The molecule has 3 aromatic rings. The number of benzene rings is 1. The molecule has 0 saturated heterocycles. The van der Waals surface area contributed by atoms with Crippen molar-refractivity contribution in [2.24, 2.45) is 0 Å². The Morgan fingerprint density at radius 1 is 1.10 bits per heavy atom. The van der Waals surface area contributed by atoms with E-state index in [1.807, 2.05) is 61.1 Å². The molecule has 0 spiro atoms. The molecule has 0 aliphatic rings. The Balaban J connectivity index is 1.51. The van der Waals surface area contributed by atoms with Crippen molar-refractivity contribution >= 4 is 40.6 Å². The summed E-state index contributed by atoms with van der Waals surface area (Å²) in [5.41, 5.74) is 2.76. The maximum Gasteiger partial charge on any atom is 0.243 e. The van der Waals surface area contributed by atoms with Gasteiger partial charge in [-0.05, 0) is 43.3 Å². The Labute approximate surface area is 177 Å². The van der Waals surface area contributed by atoms with Crippen molar-refractivity contribution in [3.63, 3.8) is 0 Å². The average molecular weight is 430 g/mol. The lowest BCUT2D eigenvalue weighted by atomic mass is 10.1. The fourth-order valence-corrected chi connectivity index (χ4v) is 4.37. The van der Waals surface area contributed by atoms with Gasteiger partial charge in [0, 0.05) is 12.2 Å². The third kappa shape index (κ3) is 5.24. The summed E-state index contributed by atoms with van der Waals surface area (Å²) in [4.78, 5) is 25.4. The fourth-order valence-electron chi connectivity index (χ4n) is 2.82. The summed E-state index contributed by atoms with van der Waals surface area (Å²) in [7, 11) is 0. The van der Waals surface area contributed by atoms with Crippen LogP contribution in [0.1, 0.15) is 18.1 Å². The Hall–Kier alpha value is -2.65. The second kappa shape index (κ2) is 9.71. The van der Waals surface area contributed by atoms with Crippen molar-refractivity contribution in [3.05, 3.63) is 46.8 Å². The first-order valence-corrected chi connectivity index (χ1v) is 11.1. The topological polar surface area (TPSA) is 88.9 Å². The lowest BCUT2D eigenvalue weighted by molar-refractivity contribution is -0.122. The third-order valence-corrected chi connectivity index (χ3v) is 6.13. The molecule has 2 N–H and O–H groups in total. The first kappa shape index (κ1) is 21.1. The van der Waals surface area contributed by atoms with Gasteiger partial charge in [0.1, 0.15) is 0 Å². The summed E-state index contributed by atoms with van der Waals surface area (Å²) in [6.45, 7) is 6.53. The van der Waals surface area contributed by atoms with E-state index in [1.54, 1.807) is 11.3 Å². The van der Waals surface area contributed by atoms with Gasteiger partial charge in [-0.2, -0.15) is 0 Å². The van der Waals surface area contributed by atoms with E-state index in [4.69, 9.17) is 0 Å². The van der Waals surface area contributed by atoms with E-state index in [1.165, 1.54) is 11.8 Å². The second-order valence-electron chi connectivity index (χ2n) is 6.41. The van der Waals surface area contributed by atoms with Crippen molar-refractivity contribution in [3.8, 4) is 10.7 Å². The molecule has 0 atom stereocenters. The molecule has 3 rings (SSSR count). The van der Waals surface area contributed by atoms with Crippen LogP contribution in [0.2, 0.25) is 0 Å². The molecule has 0 saturated carbocycles. The van der Waals surface area contributed by atoms with Crippen LogP contribution >= 0.6 is 23.1 Å². The number of thiophene rings is 1. The summed E-state index contributed by atoms with van der Waals surface area (Å²) in [6.07, 6.45) is 0. The highest BCUT2D eigenvalue weighted by atomic mass is 32.2. The van der Waals surface area contributed by atoms with Gasteiger partial charge in [-0.1, -0.05) is 36.0 Å². The van der Waals surface area contributed by atoms with Crippen LogP contribution in [-0.4, -0.2) is 38.9 Å². The van der Waals surface area contributed by atoms with E-state index in [9.17, 15) is 9.59 Å². The number of anilines is 1. The number of rotatable bonds is 8. The van der Waals surface area contributed by atoms with Crippen LogP contribution in [0.5, 0.6) is 0 Å². The van der Waals surface area contributed by atoms with E-state index < -0.39 is 0 Å². The fraction of sp³-hybridized carbons (Fsp3) is 0.300. The highest BCUT2D eigenvalue weighted by Crippen LogP contribution is 2.27. The predicted octanol–water partition coefficient (Wildman–Crippen LogP) is 3.49. The van der Waals surface area contributed by atoms with Crippen LogP contribution in [0.25, 0.3) is 10.7 Å². The quantitative estimate of drug-likeness (QED) is 0.535. The van der Waals surface area contributed by atoms with Gasteiger partial charge in [-0.15, -0.1) is 21.5 Å². The van der Waals surface area contributed by atoms with Crippen molar-refractivity contribution in [2.45, 2.75) is 32.5 Å². The van der Waals surface area contributed by atoms with Gasteiger partial charge in [0.25, 0.3) is 0 Å². The number of aromatic nitrogens is 3. The van der Waals surface area contributed by atoms with E-state index in [0.29, 0.717) is 11.7 Å². The zero-order chi connectivity index (χ0) is 20.8. The van der Waals surface area contributed by atoms with E-state index >= 15 is 0 Å². The number of nitrogens with zero attached hydrogens (tertiary/aromatic N) is 3. The summed E-state index contributed by atoms with van der Waals surface area (Å²) in [5.74, 6) is 0.491. The molecule has 0 fully saturated rings. The maximum absolute atomic E-state index is 12.2. The van der Waals surface area contributed by atoms with Gasteiger partial charge in [0.2, 0.25) is 11.8 Å². The largest absolute Gasteiger partial charge is 0.346 e. The van der Waals surface area contributed by atoms with Crippen LogP contribution in [-0.2, 0) is 16.1 Å².